The van der Waals surface area contributed by atoms with Gasteiger partial charge in [0.1, 0.15) is 23.0 Å². The lowest BCUT2D eigenvalue weighted by Gasteiger charge is -2.27. The van der Waals surface area contributed by atoms with Crippen molar-refractivity contribution in [2.75, 3.05) is 75.8 Å². The summed E-state index contributed by atoms with van der Waals surface area (Å²) in [6.45, 7) is 17.8. The number of anilines is 3. The molecule has 0 aromatic heterocycles. The molecule has 2 saturated heterocycles. The Hall–Kier alpha value is -9.77. The SMILES string of the molecule is COc1cc(C)ccc1CN(CCN1CCCC1)C(=O)c1ccc(Oc2ccc(C)c(C)c2)c(N)c1.Cc1ccc(Oc2ccc(C(=O)NCCN3CCCC3)cc2NC(=O)Nc2cccc(C#N)c2)cc1C.N#Cc1cccc(N=C=O)c1. The van der Waals surface area contributed by atoms with Crippen LogP contribution in [-0.2, 0) is 11.3 Å². The molecule has 4 amide bonds. The van der Waals surface area contributed by atoms with Gasteiger partial charge in [-0.15, -0.1) is 0 Å². The first-order valence-corrected chi connectivity index (χ1v) is 28.0. The average molecular weight is 1130 g/mol. The van der Waals surface area contributed by atoms with Crippen LogP contribution in [-0.4, -0.2) is 98.1 Å². The number of hydrogen-bond donors (Lipinski definition) is 4. The molecule has 84 heavy (non-hydrogen) atoms. The molecule has 432 valence electrons. The van der Waals surface area contributed by atoms with Crippen LogP contribution in [0.2, 0.25) is 0 Å². The topological polar surface area (TPSA) is 228 Å². The molecule has 0 unspecified atom stereocenters. The number of rotatable bonds is 18. The number of nitrogens with zero attached hydrogens (tertiary/aromatic N) is 6. The number of nitrogen functional groups attached to an aromatic ring is 1. The van der Waals surface area contributed by atoms with Crippen LogP contribution in [0.25, 0.3) is 0 Å². The number of methoxy groups -OCH3 is 1. The molecule has 0 aliphatic carbocycles. The van der Waals surface area contributed by atoms with Crippen molar-refractivity contribution in [3.63, 3.8) is 0 Å². The number of urea groups is 1. The minimum Gasteiger partial charge on any atom is -0.496 e. The standard InChI is InChI=1S/C30H37N3O3.C29H31N5O3.C8H4N2O/c1-21-7-9-25(29(17-21)35-4)20-33(16-15-32-13-5-6-14-32)30(34)24-10-12-28(27(31)19-24)36-26-11-8-22(2)23(3)18-26;1-20-8-10-25(16-21(20)2)37-27-11-9-23(28(35)31-12-15-34-13-3-4-14-34)18-26(27)33-29(36)32-24-7-5-6-22(17-24)19-30;9-5-7-2-1-3-8(4-7)10-6-11/h7-12,17-19H,5-6,13-16,20,31H2,1-4H3;5-11,16-18H,3-4,12-15H2,1-2H3,(H,31,35)(H2,32,33,36);1-4H. The van der Waals surface area contributed by atoms with Gasteiger partial charge in [0, 0.05) is 55.1 Å². The molecule has 0 bridgehead atoms. The third-order valence-corrected chi connectivity index (χ3v) is 14.4. The van der Waals surface area contributed by atoms with Crippen molar-refractivity contribution in [1.29, 1.82) is 10.5 Å². The van der Waals surface area contributed by atoms with E-state index in [0.29, 0.717) is 81.9 Å². The van der Waals surface area contributed by atoms with Crippen LogP contribution in [0.1, 0.15) is 90.9 Å². The summed E-state index contributed by atoms with van der Waals surface area (Å²) in [6, 6.07) is 44.6. The van der Waals surface area contributed by atoms with Gasteiger partial charge in [0.25, 0.3) is 11.8 Å². The van der Waals surface area contributed by atoms with E-state index in [1.54, 1.807) is 86.0 Å². The lowest BCUT2D eigenvalue weighted by molar-refractivity contribution is 0.0725. The van der Waals surface area contributed by atoms with Gasteiger partial charge < -0.3 is 50.6 Å². The van der Waals surface area contributed by atoms with E-state index in [1.807, 2.05) is 87.2 Å². The normalized spacial score (nSPS) is 12.6. The lowest BCUT2D eigenvalue weighted by atomic mass is 10.1. The van der Waals surface area contributed by atoms with Crippen LogP contribution >= 0.6 is 0 Å². The zero-order valence-electron chi connectivity index (χ0n) is 48.6. The van der Waals surface area contributed by atoms with Crippen molar-refractivity contribution in [1.82, 2.24) is 20.0 Å². The number of amides is 4. The largest absolute Gasteiger partial charge is 0.496 e. The predicted molar refractivity (Wildman–Crippen MR) is 328 cm³/mol. The zero-order chi connectivity index (χ0) is 60.0. The number of hydrogen-bond acceptors (Lipinski definition) is 13. The summed E-state index contributed by atoms with van der Waals surface area (Å²) >= 11 is 0. The van der Waals surface area contributed by atoms with Crippen molar-refractivity contribution < 1.29 is 33.4 Å². The molecule has 17 nitrogen and oxygen atoms in total. The Morgan fingerprint density at radius 2 is 1.24 bits per heavy atom. The van der Waals surface area contributed by atoms with E-state index in [9.17, 15) is 19.2 Å². The number of nitrogens with two attached hydrogens (primary N) is 1. The van der Waals surface area contributed by atoms with Gasteiger partial charge in [-0.05, 0) is 217 Å². The number of likely N-dealkylation sites (tertiary alicyclic amines) is 2. The van der Waals surface area contributed by atoms with E-state index in [0.717, 1.165) is 78.6 Å². The number of aliphatic imine (C=N–C) groups is 1. The first-order valence-electron chi connectivity index (χ1n) is 28.0. The second-order valence-corrected chi connectivity index (χ2v) is 20.7. The monoisotopic (exact) mass is 1130 g/mol. The number of carbonyl (C=O) groups excluding carboxylic acids is 4. The summed E-state index contributed by atoms with van der Waals surface area (Å²) in [6.07, 6.45) is 6.25. The number of ether oxygens (including phenoxy) is 3. The summed E-state index contributed by atoms with van der Waals surface area (Å²) in [7, 11) is 1.67. The third kappa shape index (κ3) is 18.4. The molecule has 2 aliphatic heterocycles. The molecule has 2 heterocycles. The van der Waals surface area contributed by atoms with Crippen LogP contribution in [0, 0.1) is 57.3 Å². The van der Waals surface area contributed by atoms with Crippen LogP contribution in [0.4, 0.5) is 27.5 Å². The fraction of sp³-hybridized carbons (Fsp3) is 0.284. The molecule has 7 aromatic rings. The number of isocyanates is 1. The highest BCUT2D eigenvalue weighted by Crippen LogP contribution is 2.33. The van der Waals surface area contributed by atoms with Crippen LogP contribution < -0.4 is 35.9 Å². The Kier molecular flexibility index (Phi) is 22.7. The summed E-state index contributed by atoms with van der Waals surface area (Å²) in [5.41, 5.74) is 16.6. The van der Waals surface area contributed by atoms with Crippen LogP contribution in [0.5, 0.6) is 28.7 Å². The Morgan fingerprint density at radius 1 is 0.631 bits per heavy atom. The highest BCUT2D eigenvalue weighted by Gasteiger charge is 2.22. The van der Waals surface area contributed by atoms with Crippen molar-refractivity contribution in [2.24, 2.45) is 4.99 Å². The second kappa shape index (κ2) is 30.9. The first-order chi connectivity index (χ1) is 40.6. The van der Waals surface area contributed by atoms with Crippen LogP contribution in [0.3, 0.4) is 0 Å². The van der Waals surface area contributed by atoms with Gasteiger partial charge in [-0.3, -0.25) is 9.59 Å². The molecule has 7 aromatic carbocycles. The molecule has 0 saturated carbocycles. The summed E-state index contributed by atoms with van der Waals surface area (Å²) < 4.78 is 17.7. The number of nitriles is 2. The van der Waals surface area contributed by atoms with Gasteiger partial charge in [0.2, 0.25) is 6.08 Å². The minimum absolute atomic E-state index is 0.0544. The molecule has 0 atom stereocenters. The van der Waals surface area contributed by atoms with Crippen molar-refractivity contribution in [2.45, 2.75) is 66.8 Å². The highest BCUT2D eigenvalue weighted by atomic mass is 16.5. The quantitative estimate of drug-likeness (QED) is 0.0357. The number of carbonyl (C=O) groups is 3. The minimum atomic E-state index is -0.522. The Morgan fingerprint density at radius 3 is 1.86 bits per heavy atom. The maximum absolute atomic E-state index is 13.7. The van der Waals surface area contributed by atoms with E-state index >= 15 is 0 Å². The molecular weight excluding hydrogens is 1060 g/mol. The van der Waals surface area contributed by atoms with Crippen molar-refractivity contribution in [3.05, 3.63) is 195 Å². The van der Waals surface area contributed by atoms with E-state index in [4.69, 9.17) is 30.5 Å². The molecule has 5 N–H and O–H groups in total. The fourth-order valence-electron chi connectivity index (χ4n) is 9.42. The van der Waals surface area contributed by atoms with E-state index < -0.39 is 6.03 Å². The second-order valence-electron chi connectivity index (χ2n) is 20.7. The van der Waals surface area contributed by atoms with Crippen LogP contribution in [0.15, 0.2) is 145 Å². The fourth-order valence-corrected chi connectivity index (χ4v) is 9.42. The summed E-state index contributed by atoms with van der Waals surface area (Å²) in [5, 5.41) is 26.0. The molecular formula is C67H72N10O7. The van der Waals surface area contributed by atoms with Crippen molar-refractivity contribution >= 4 is 46.7 Å². The lowest BCUT2D eigenvalue weighted by Crippen LogP contribution is -2.37. The molecule has 0 radical (unpaired) electrons. The van der Waals surface area contributed by atoms with E-state index in [-0.39, 0.29) is 11.8 Å². The van der Waals surface area contributed by atoms with Gasteiger partial charge in [-0.1, -0.05) is 36.4 Å². The van der Waals surface area contributed by atoms with Crippen molar-refractivity contribution in [3.8, 4) is 40.9 Å². The average Bonchev–Trinajstić information content (AvgIpc) is 4.37. The summed E-state index contributed by atoms with van der Waals surface area (Å²) in [5.74, 6) is 2.81. The Balaban J connectivity index is 0.000000204. The molecule has 17 heteroatoms. The van der Waals surface area contributed by atoms with E-state index in [2.05, 4.69) is 49.8 Å². The number of aryl methyl sites for hydroxylation is 5. The van der Waals surface area contributed by atoms with Gasteiger partial charge in [0.05, 0.1) is 47.4 Å². The maximum Gasteiger partial charge on any atom is 0.323 e. The van der Waals surface area contributed by atoms with Gasteiger partial charge in [-0.25, -0.2) is 9.59 Å². The predicted octanol–water partition coefficient (Wildman–Crippen LogP) is 12.7. The first kappa shape index (κ1) is 61.8. The van der Waals surface area contributed by atoms with Gasteiger partial charge >= 0.3 is 6.03 Å². The zero-order valence-corrected chi connectivity index (χ0v) is 48.6. The maximum atomic E-state index is 13.7. The Bertz CT molecular complexity index is 3570. The van der Waals surface area contributed by atoms with Gasteiger partial charge in [-0.2, -0.15) is 15.5 Å². The number of benzene rings is 7. The molecule has 2 fully saturated rings. The molecule has 2 aliphatic rings. The molecule has 0 spiro atoms. The smallest absolute Gasteiger partial charge is 0.323 e. The highest BCUT2D eigenvalue weighted by molar-refractivity contribution is 6.02. The molecule has 9 rings (SSSR count). The number of nitrogens with one attached hydrogen (secondary N) is 3. The Labute approximate surface area is 492 Å². The van der Waals surface area contributed by atoms with E-state index in [1.165, 1.54) is 43.4 Å². The third-order valence-electron chi connectivity index (χ3n) is 14.4. The summed E-state index contributed by atoms with van der Waals surface area (Å²) in [4.78, 5) is 59.2. The van der Waals surface area contributed by atoms with Gasteiger partial charge in [0.15, 0.2) is 5.75 Å².